The van der Waals surface area contributed by atoms with Gasteiger partial charge in [-0.2, -0.15) is 5.10 Å². The number of aromatic nitrogens is 2. The minimum Gasteiger partial charge on any atom is -0.472 e. The molecule has 0 saturated carbocycles. The Morgan fingerprint density at radius 2 is 2.07 bits per heavy atom. The van der Waals surface area contributed by atoms with E-state index in [1.165, 1.54) is 11.3 Å². The molecular formula is C23H27N3O3. The van der Waals surface area contributed by atoms with Crippen molar-refractivity contribution in [3.05, 3.63) is 77.0 Å². The van der Waals surface area contributed by atoms with Crippen LogP contribution in [0.2, 0.25) is 0 Å². The lowest BCUT2D eigenvalue weighted by Crippen LogP contribution is -2.31. The first-order valence-electron chi connectivity index (χ1n) is 10.3. The molecule has 6 heteroatoms. The predicted octanol–water partition coefficient (Wildman–Crippen LogP) is 3.84. The maximum absolute atomic E-state index is 12.5. The van der Waals surface area contributed by atoms with Crippen molar-refractivity contribution in [3.63, 3.8) is 0 Å². The lowest BCUT2D eigenvalue weighted by molar-refractivity contribution is 0.0515. The Morgan fingerprint density at radius 3 is 2.83 bits per heavy atom. The fourth-order valence-corrected chi connectivity index (χ4v) is 3.95. The molecule has 3 aromatic rings. The number of hydrogen-bond acceptors (Lipinski definition) is 5. The first kappa shape index (κ1) is 19.5. The smallest absolute Gasteiger partial charge is 0.359 e. The summed E-state index contributed by atoms with van der Waals surface area (Å²) in [5.41, 5.74) is 5.12. The molecule has 0 bridgehead atoms. The summed E-state index contributed by atoms with van der Waals surface area (Å²) in [6.07, 6.45) is 6.33. The highest BCUT2D eigenvalue weighted by Gasteiger charge is 2.28. The Kier molecular flexibility index (Phi) is 6.10. The maximum atomic E-state index is 12.5. The zero-order valence-electron chi connectivity index (χ0n) is 16.8. The molecule has 6 nitrogen and oxygen atoms in total. The van der Waals surface area contributed by atoms with E-state index in [9.17, 15) is 4.79 Å². The number of fused-ring (bicyclic) bond motifs is 1. The standard InChI is InChI=1S/C23H27N3O3/c1-2-29-23(27)22-20-16-25(15-19-11-14-28-17-19)13-10-21(20)26(24-22)12-6-9-18-7-4-3-5-8-18/h3-5,7-8,11,14,17H,2,6,9-10,12-13,15-16H2,1H3. The molecule has 0 saturated heterocycles. The van der Waals surface area contributed by atoms with E-state index in [0.717, 1.165) is 50.0 Å². The number of carbonyl (C=O) groups excluding carboxylic acids is 1. The van der Waals surface area contributed by atoms with E-state index in [2.05, 4.69) is 34.3 Å². The first-order chi connectivity index (χ1) is 14.2. The molecule has 29 heavy (non-hydrogen) atoms. The van der Waals surface area contributed by atoms with Gasteiger partial charge in [-0.05, 0) is 31.4 Å². The van der Waals surface area contributed by atoms with E-state index in [1.54, 1.807) is 12.5 Å². The summed E-state index contributed by atoms with van der Waals surface area (Å²) in [6, 6.07) is 12.5. The number of rotatable bonds is 8. The summed E-state index contributed by atoms with van der Waals surface area (Å²) in [5, 5.41) is 4.67. The second-order valence-electron chi connectivity index (χ2n) is 7.40. The maximum Gasteiger partial charge on any atom is 0.359 e. The van der Waals surface area contributed by atoms with Crippen LogP contribution in [0, 0.1) is 0 Å². The Hall–Kier alpha value is -2.86. The lowest BCUT2D eigenvalue weighted by atomic mass is 10.0. The molecule has 0 fully saturated rings. The van der Waals surface area contributed by atoms with E-state index in [1.807, 2.05) is 23.7 Å². The third-order valence-corrected chi connectivity index (χ3v) is 5.35. The molecule has 0 spiro atoms. The molecular weight excluding hydrogens is 366 g/mol. The van der Waals surface area contributed by atoms with Gasteiger partial charge in [0.15, 0.2) is 5.69 Å². The van der Waals surface area contributed by atoms with Crippen LogP contribution in [0.5, 0.6) is 0 Å². The third-order valence-electron chi connectivity index (χ3n) is 5.35. The van der Waals surface area contributed by atoms with Gasteiger partial charge in [-0.3, -0.25) is 9.58 Å². The zero-order valence-corrected chi connectivity index (χ0v) is 16.8. The number of aryl methyl sites for hydroxylation is 2. The highest BCUT2D eigenvalue weighted by atomic mass is 16.5. The molecule has 0 N–H and O–H groups in total. The van der Waals surface area contributed by atoms with Gasteiger partial charge in [0.05, 0.1) is 19.1 Å². The topological polar surface area (TPSA) is 60.5 Å². The Bertz CT molecular complexity index is 932. The molecule has 1 aliphatic rings. The largest absolute Gasteiger partial charge is 0.472 e. The number of ether oxygens (including phenoxy) is 1. The van der Waals surface area contributed by atoms with Crippen LogP contribution in [0.4, 0.5) is 0 Å². The van der Waals surface area contributed by atoms with Crippen molar-refractivity contribution in [1.29, 1.82) is 0 Å². The summed E-state index contributed by atoms with van der Waals surface area (Å²) < 4.78 is 12.5. The second-order valence-corrected chi connectivity index (χ2v) is 7.40. The second kappa shape index (κ2) is 9.09. The van der Waals surface area contributed by atoms with Gasteiger partial charge >= 0.3 is 5.97 Å². The molecule has 0 aliphatic carbocycles. The van der Waals surface area contributed by atoms with Crippen molar-refractivity contribution >= 4 is 5.97 Å². The van der Waals surface area contributed by atoms with Gasteiger partial charge in [-0.1, -0.05) is 30.3 Å². The monoisotopic (exact) mass is 393 g/mol. The van der Waals surface area contributed by atoms with Gasteiger partial charge in [-0.15, -0.1) is 0 Å². The molecule has 0 unspecified atom stereocenters. The Morgan fingerprint density at radius 1 is 1.21 bits per heavy atom. The molecule has 3 heterocycles. The lowest BCUT2D eigenvalue weighted by Gasteiger charge is -2.27. The van der Waals surface area contributed by atoms with Gasteiger partial charge in [0, 0.05) is 49.4 Å². The first-order valence-corrected chi connectivity index (χ1v) is 10.3. The number of furan rings is 1. The molecule has 0 radical (unpaired) electrons. The van der Waals surface area contributed by atoms with E-state index < -0.39 is 0 Å². The molecule has 1 aliphatic heterocycles. The van der Waals surface area contributed by atoms with Crippen LogP contribution in [0.3, 0.4) is 0 Å². The summed E-state index contributed by atoms with van der Waals surface area (Å²) in [5.74, 6) is -0.323. The number of carbonyl (C=O) groups is 1. The fraction of sp³-hybridized carbons (Fsp3) is 0.391. The van der Waals surface area contributed by atoms with Crippen molar-refractivity contribution in [1.82, 2.24) is 14.7 Å². The van der Waals surface area contributed by atoms with Gasteiger partial charge in [0.25, 0.3) is 0 Å². The average molecular weight is 393 g/mol. The minimum absolute atomic E-state index is 0.323. The number of esters is 1. The van der Waals surface area contributed by atoms with Crippen molar-refractivity contribution in [3.8, 4) is 0 Å². The molecule has 152 valence electrons. The van der Waals surface area contributed by atoms with Crippen molar-refractivity contribution in [2.45, 2.75) is 45.8 Å². The van der Waals surface area contributed by atoms with Gasteiger partial charge in [0.1, 0.15) is 0 Å². The van der Waals surface area contributed by atoms with Crippen LogP contribution in [-0.2, 0) is 37.2 Å². The van der Waals surface area contributed by atoms with Gasteiger partial charge < -0.3 is 9.15 Å². The molecule has 2 aromatic heterocycles. The van der Waals surface area contributed by atoms with Gasteiger partial charge in [-0.25, -0.2) is 4.79 Å². The Labute approximate surface area is 171 Å². The fourth-order valence-electron chi connectivity index (χ4n) is 3.95. The summed E-state index contributed by atoms with van der Waals surface area (Å²) in [4.78, 5) is 14.8. The number of benzene rings is 1. The van der Waals surface area contributed by atoms with Crippen LogP contribution in [0.15, 0.2) is 53.3 Å². The molecule has 1 aromatic carbocycles. The minimum atomic E-state index is -0.323. The normalized spacial score (nSPS) is 14.0. The van der Waals surface area contributed by atoms with Crippen LogP contribution in [0.25, 0.3) is 0 Å². The summed E-state index contributed by atoms with van der Waals surface area (Å²) in [7, 11) is 0. The average Bonchev–Trinajstić information content (AvgIpc) is 3.37. The molecule has 4 rings (SSSR count). The predicted molar refractivity (Wildman–Crippen MR) is 109 cm³/mol. The van der Waals surface area contributed by atoms with Crippen LogP contribution >= 0.6 is 0 Å². The highest BCUT2D eigenvalue weighted by Crippen LogP contribution is 2.25. The van der Waals surface area contributed by atoms with Crippen molar-refractivity contribution in [2.75, 3.05) is 13.2 Å². The van der Waals surface area contributed by atoms with E-state index in [0.29, 0.717) is 18.8 Å². The Balaban J connectivity index is 1.50. The van der Waals surface area contributed by atoms with Crippen LogP contribution in [0.1, 0.15) is 46.2 Å². The SMILES string of the molecule is CCOC(=O)c1nn(CCCc2ccccc2)c2c1CN(Cc1ccoc1)CC2. The highest BCUT2D eigenvalue weighted by molar-refractivity contribution is 5.89. The van der Waals surface area contributed by atoms with E-state index >= 15 is 0 Å². The molecule has 0 amide bonds. The summed E-state index contributed by atoms with van der Waals surface area (Å²) >= 11 is 0. The van der Waals surface area contributed by atoms with E-state index in [-0.39, 0.29) is 5.97 Å². The van der Waals surface area contributed by atoms with E-state index in [4.69, 9.17) is 9.15 Å². The number of hydrogen-bond donors (Lipinski definition) is 0. The van der Waals surface area contributed by atoms with Crippen LogP contribution in [-0.4, -0.2) is 33.8 Å². The quantitative estimate of drug-likeness (QED) is 0.544. The van der Waals surface area contributed by atoms with Crippen molar-refractivity contribution < 1.29 is 13.9 Å². The zero-order chi connectivity index (χ0) is 20.1. The van der Waals surface area contributed by atoms with Gasteiger partial charge in [0.2, 0.25) is 0 Å². The summed E-state index contributed by atoms with van der Waals surface area (Å²) in [6.45, 7) is 5.42. The van der Waals surface area contributed by atoms with Crippen molar-refractivity contribution in [2.24, 2.45) is 0 Å². The number of nitrogens with zero attached hydrogens (tertiary/aromatic N) is 3. The third kappa shape index (κ3) is 4.59. The van der Waals surface area contributed by atoms with Crippen LogP contribution < -0.4 is 0 Å². The molecule has 0 atom stereocenters.